The Kier molecular flexibility index (Phi) is 3.29. The molecule has 2 nitrogen and oxygen atoms in total. The summed E-state index contributed by atoms with van der Waals surface area (Å²) in [6.45, 7) is 6.34. The summed E-state index contributed by atoms with van der Waals surface area (Å²) >= 11 is 6.39. The monoisotopic (exact) mass is 241 g/mol. The van der Waals surface area contributed by atoms with Gasteiger partial charge in [-0.1, -0.05) is 56.8 Å². The lowest BCUT2D eigenvalue weighted by atomic mass is 9.86. The van der Waals surface area contributed by atoms with Crippen LogP contribution in [0.4, 0.5) is 0 Å². The van der Waals surface area contributed by atoms with E-state index in [9.17, 15) is 0 Å². The van der Waals surface area contributed by atoms with Crippen LogP contribution in [0.25, 0.3) is 0 Å². The molecule has 16 heavy (non-hydrogen) atoms. The molecular formula is C13H20ClNO. The Morgan fingerprint density at radius 3 is 2.31 bits per heavy atom. The molecule has 0 atom stereocenters. The summed E-state index contributed by atoms with van der Waals surface area (Å²) < 4.78 is 5.48. The molecule has 2 rings (SSSR count). The van der Waals surface area contributed by atoms with E-state index in [4.69, 9.17) is 16.1 Å². The molecule has 1 aliphatic carbocycles. The second kappa shape index (κ2) is 4.40. The molecule has 0 bridgehead atoms. The topological polar surface area (TPSA) is 26.0 Å². The van der Waals surface area contributed by atoms with Crippen molar-refractivity contribution in [1.82, 2.24) is 5.16 Å². The predicted octanol–water partition coefficient (Wildman–Crippen LogP) is 4.67. The van der Waals surface area contributed by atoms with Gasteiger partial charge in [-0.3, -0.25) is 0 Å². The van der Waals surface area contributed by atoms with Crippen molar-refractivity contribution in [3.8, 4) is 0 Å². The number of nitrogens with zero attached hydrogens (tertiary/aromatic N) is 1. The van der Waals surface area contributed by atoms with E-state index in [1.54, 1.807) is 0 Å². The third-order valence-corrected chi connectivity index (χ3v) is 3.71. The fourth-order valence-corrected chi connectivity index (χ4v) is 2.88. The minimum atomic E-state index is -0.0342. The molecule has 90 valence electrons. The number of halogens is 1. The Hall–Kier alpha value is -0.500. The van der Waals surface area contributed by atoms with E-state index in [1.165, 1.54) is 32.1 Å². The fraction of sp³-hybridized carbons (Fsp3) is 0.769. The molecule has 1 heterocycles. The Morgan fingerprint density at radius 2 is 1.81 bits per heavy atom. The SMILES string of the molecule is CC(C)(C)c1noc(C2CCCCC2)c1Cl. The standard InChI is InChI=1S/C13H20ClNO/c1-13(2,3)12-10(14)11(16-15-12)9-7-5-4-6-8-9/h9H,4-8H2,1-3H3. The van der Waals surface area contributed by atoms with Crippen LogP contribution in [0.1, 0.15) is 70.2 Å². The van der Waals surface area contributed by atoms with Crippen LogP contribution in [0.15, 0.2) is 4.52 Å². The third-order valence-electron chi connectivity index (χ3n) is 3.35. The molecule has 0 radical (unpaired) electrons. The maximum Gasteiger partial charge on any atom is 0.158 e. The maximum absolute atomic E-state index is 6.39. The summed E-state index contributed by atoms with van der Waals surface area (Å²) in [5.74, 6) is 1.41. The molecule has 0 N–H and O–H groups in total. The van der Waals surface area contributed by atoms with E-state index in [0.717, 1.165) is 16.5 Å². The van der Waals surface area contributed by atoms with Crippen LogP contribution in [0.3, 0.4) is 0 Å². The molecule has 1 aromatic heterocycles. The van der Waals surface area contributed by atoms with Crippen molar-refractivity contribution in [3.05, 3.63) is 16.5 Å². The number of hydrogen-bond donors (Lipinski definition) is 0. The first-order chi connectivity index (χ1) is 7.50. The normalized spacial score (nSPS) is 19.0. The Balaban J connectivity index is 2.25. The number of hydrogen-bond acceptors (Lipinski definition) is 2. The maximum atomic E-state index is 6.39. The van der Waals surface area contributed by atoms with Crippen molar-refractivity contribution < 1.29 is 4.52 Å². The van der Waals surface area contributed by atoms with Crippen molar-refractivity contribution in [1.29, 1.82) is 0 Å². The third kappa shape index (κ3) is 2.27. The lowest BCUT2D eigenvalue weighted by Crippen LogP contribution is -2.12. The van der Waals surface area contributed by atoms with E-state index in [1.807, 2.05) is 0 Å². The first-order valence-electron chi connectivity index (χ1n) is 6.15. The minimum absolute atomic E-state index is 0.0342. The summed E-state index contributed by atoms with van der Waals surface area (Å²) in [6.07, 6.45) is 6.30. The van der Waals surface area contributed by atoms with E-state index >= 15 is 0 Å². The quantitative estimate of drug-likeness (QED) is 0.714. The summed E-state index contributed by atoms with van der Waals surface area (Å²) in [7, 11) is 0. The Bertz CT molecular complexity index is 358. The molecule has 1 saturated carbocycles. The van der Waals surface area contributed by atoms with Crippen LogP contribution >= 0.6 is 11.6 Å². The second-order valence-electron chi connectivity index (χ2n) is 5.79. The van der Waals surface area contributed by atoms with Gasteiger partial charge in [-0.2, -0.15) is 0 Å². The van der Waals surface area contributed by atoms with Gasteiger partial charge in [0, 0.05) is 11.3 Å². The van der Waals surface area contributed by atoms with E-state index in [0.29, 0.717) is 5.92 Å². The minimum Gasteiger partial charge on any atom is -0.359 e. The van der Waals surface area contributed by atoms with Gasteiger partial charge in [-0.25, -0.2) is 0 Å². The van der Waals surface area contributed by atoms with Gasteiger partial charge < -0.3 is 4.52 Å². The molecule has 0 unspecified atom stereocenters. The largest absolute Gasteiger partial charge is 0.359 e. The molecule has 0 aliphatic heterocycles. The van der Waals surface area contributed by atoms with Gasteiger partial charge in [0.1, 0.15) is 10.7 Å². The smallest absolute Gasteiger partial charge is 0.158 e. The zero-order valence-electron chi connectivity index (χ0n) is 10.3. The van der Waals surface area contributed by atoms with Crippen LogP contribution in [-0.2, 0) is 5.41 Å². The van der Waals surface area contributed by atoms with Gasteiger partial charge >= 0.3 is 0 Å². The molecule has 0 spiro atoms. The summed E-state index contributed by atoms with van der Waals surface area (Å²) in [4.78, 5) is 0. The van der Waals surface area contributed by atoms with Crippen molar-refractivity contribution >= 4 is 11.6 Å². The molecular weight excluding hydrogens is 222 g/mol. The first-order valence-corrected chi connectivity index (χ1v) is 6.53. The van der Waals surface area contributed by atoms with Crippen LogP contribution in [0, 0.1) is 0 Å². The molecule has 1 aliphatic rings. The average Bonchev–Trinajstić information content (AvgIpc) is 2.61. The second-order valence-corrected chi connectivity index (χ2v) is 6.17. The van der Waals surface area contributed by atoms with E-state index in [-0.39, 0.29) is 5.41 Å². The lowest BCUT2D eigenvalue weighted by molar-refractivity contribution is 0.314. The highest BCUT2D eigenvalue weighted by molar-refractivity contribution is 6.32. The Labute approximate surface area is 102 Å². The van der Waals surface area contributed by atoms with Gasteiger partial charge in [-0.15, -0.1) is 0 Å². The molecule has 1 aromatic rings. The first kappa shape index (κ1) is 12.0. The van der Waals surface area contributed by atoms with E-state index in [2.05, 4.69) is 25.9 Å². The van der Waals surface area contributed by atoms with Crippen molar-refractivity contribution in [2.45, 2.75) is 64.2 Å². The average molecular weight is 242 g/mol. The molecule has 0 aromatic carbocycles. The molecule has 3 heteroatoms. The van der Waals surface area contributed by atoms with E-state index < -0.39 is 0 Å². The van der Waals surface area contributed by atoms with Gasteiger partial charge in [0.25, 0.3) is 0 Å². The highest BCUT2D eigenvalue weighted by Crippen LogP contribution is 2.40. The summed E-state index contributed by atoms with van der Waals surface area (Å²) in [6, 6.07) is 0. The summed E-state index contributed by atoms with van der Waals surface area (Å²) in [5, 5.41) is 4.92. The predicted molar refractivity (Wildman–Crippen MR) is 66.0 cm³/mol. The molecule has 1 fully saturated rings. The van der Waals surface area contributed by atoms with Crippen LogP contribution in [-0.4, -0.2) is 5.16 Å². The Morgan fingerprint density at radius 1 is 1.19 bits per heavy atom. The zero-order chi connectivity index (χ0) is 11.8. The van der Waals surface area contributed by atoms with Crippen molar-refractivity contribution in [2.24, 2.45) is 0 Å². The van der Waals surface area contributed by atoms with Crippen LogP contribution in [0.5, 0.6) is 0 Å². The van der Waals surface area contributed by atoms with Gasteiger partial charge in [0.05, 0.1) is 0 Å². The van der Waals surface area contributed by atoms with Crippen LogP contribution < -0.4 is 0 Å². The van der Waals surface area contributed by atoms with Gasteiger partial charge in [0.15, 0.2) is 5.76 Å². The highest BCUT2D eigenvalue weighted by atomic mass is 35.5. The van der Waals surface area contributed by atoms with Crippen molar-refractivity contribution in [2.75, 3.05) is 0 Å². The van der Waals surface area contributed by atoms with Crippen LogP contribution in [0.2, 0.25) is 5.02 Å². The number of rotatable bonds is 1. The molecule has 0 amide bonds. The highest BCUT2D eigenvalue weighted by Gasteiger charge is 2.29. The zero-order valence-corrected chi connectivity index (χ0v) is 11.1. The number of aromatic nitrogens is 1. The van der Waals surface area contributed by atoms with Gasteiger partial charge in [-0.05, 0) is 12.8 Å². The van der Waals surface area contributed by atoms with Crippen molar-refractivity contribution in [3.63, 3.8) is 0 Å². The van der Waals surface area contributed by atoms with Gasteiger partial charge in [0.2, 0.25) is 0 Å². The summed E-state index contributed by atoms with van der Waals surface area (Å²) in [5.41, 5.74) is 0.864. The lowest BCUT2D eigenvalue weighted by Gasteiger charge is -2.19. The molecule has 0 saturated heterocycles. The fourth-order valence-electron chi connectivity index (χ4n) is 2.38.